The van der Waals surface area contributed by atoms with E-state index in [9.17, 15) is 0 Å². The van der Waals surface area contributed by atoms with Crippen LogP contribution in [0.1, 0.15) is 79.0 Å². The topological polar surface area (TPSA) is 3.24 Å². The molecule has 2 heterocycles. The van der Waals surface area contributed by atoms with Gasteiger partial charge in [-0.1, -0.05) is 177 Å². The molecule has 248 valence electrons. The van der Waals surface area contributed by atoms with Gasteiger partial charge in [-0.2, -0.15) is 0 Å². The summed E-state index contributed by atoms with van der Waals surface area (Å²) in [6.07, 6.45) is 0. The van der Waals surface area contributed by atoms with Crippen LogP contribution in [0, 0.1) is 0 Å². The quantitative estimate of drug-likeness (QED) is 0.172. The fraction of sp³-hybridized carbons (Fsp3) is 0.250. The van der Waals surface area contributed by atoms with Crippen molar-refractivity contribution >= 4 is 40.2 Å². The maximum Gasteiger partial charge on any atom is 0.248 e. The number of rotatable bonds is 3. The fourth-order valence-corrected chi connectivity index (χ4v) is 8.09. The molecule has 1 nitrogen and oxygen atoms in total. The lowest BCUT2D eigenvalue weighted by Gasteiger charge is -2.39. The molecule has 2 heteroatoms. The Kier molecular flexibility index (Phi) is 7.36. The summed E-state index contributed by atoms with van der Waals surface area (Å²) in [5.74, 6) is 0. The molecule has 6 aromatic rings. The molecule has 50 heavy (non-hydrogen) atoms. The Balaban J connectivity index is 1.51. The maximum absolute atomic E-state index is 2.62. The van der Waals surface area contributed by atoms with E-state index in [0.717, 1.165) is 0 Å². The van der Waals surface area contributed by atoms with E-state index in [0.29, 0.717) is 0 Å². The largest absolute Gasteiger partial charge is 0.310 e. The standard InChI is InChI=1S/C48H48BN/c1-46(2,3)33-21-26-42(39(28-33)32-18-14-11-15-19-32)50-43-27-22-35(48(7,8)9)30-41(43)49-40-29-34(47(4,5)6)20-23-37(40)38-25-24-36(45(50)44(38)49)31-16-12-10-13-17-31/h10-30H,1-9H3. The van der Waals surface area contributed by atoms with Gasteiger partial charge in [0.2, 0.25) is 6.71 Å². The summed E-state index contributed by atoms with van der Waals surface area (Å²) in [5.41, 5.74) is 19.9. The first-order valence-electron chi connectivity index (χ1n) is 18.2. The number of benzene rings is 6. The molecule has 0 spiro atoms. The summed E-state index contributed by atoms with van der Waals surface area (Å²) in [5, 5.41) is 0. The zero-order valence-corrected chi connectivity index (χ0v) is 31.1. The third kappa shape index (κ3) is 5.23. The van der Waals surface area contributed by atoms with Crippen LogP contribution in [0.2, 0.25) is 0 Å². The van der Waals surface area contributed by atoms with E-state index in [1.54, 1.807) is 0 Å². The van der Waals surface area contributed by atoms with Gasteiger partial charge in [0.1, 0.15) is 0 Å². The summed E-state index contributed by atoms with van der Waals surface area (Å²) in [4.78, 5) is 2.62. The zero-order chi connectivity index (χ0) is 35.2. The highest BCUT2D eigenvalue weighted by Gasteiger charge is 2.45. The summed E-state index contributed by atoms with van der Waals surface area (Å²) in [6, 6.07) is 48.5. The molecular weight excluding hydrogens is 601 g/mol. The van der Waals surface area contributed by atoms with Crippen molar-refractivity contribution in [2.24, 2.45) is 0 Å². The van der Waals surface area contributed by atoms with E-state index in [-0.39, 0.29) is 23.0 Å². The first-order valence-corrected chi connectivity index (χ1v) is 18.2. The van der Waals surface area contributed by atoms with Crippen molar-refractivity contribution in [1.29, 1.82) is 0 Å². The van der Waals surface area contributed by atoms with Crippen LogP contribution in [-0.2, 0) is 16.2 Å². The van der Waals surface area contributed by atoms with E-state index in [1.807, 2.05) is 0 Å². The third-order valence-electron chi connectivity index (χ3n) is 11.0. The number of anilines is 3. The number of hydrogen-bond acceptors (Lipinski definition) is 1. The van der Waals surface area contributed by atoms with Crippen LogP contribution in [0.5, 0.6) is 0 Å². The Bertz CT molecular complexity index is 2260. The first kappa shape index (κ1) is 32.4. The maximum atomic E-state index is 2.62. The minimum atomic E-state index is 0.0180. The number of nitrogens with zero attached hydrogens (tertiary/aromatic N) is 1. The van der Waals surface area contributed by atoms with Crippen molar-refractivity contribution in [3.8, 4) is 33.4 Å². The lowest BCUT2D eigenvalue weighted by molar-refractivity contribution is 0.590. The van der Waals surface area contributed by atoms with Gasteiger partial charge in [-0.25, -0.2) is 0 Å². The Hall–Kier alpha value is -4.82. The lowest BCUT2D eigenvalue weighted by Crippen LogP contribution is -2.55. The lowest BCUT2D eigenvalue weighted by atomic mass is 9.36. The Morgan fingerprint density at radius 1 is 0.400 bits per heavy atom. The smallest absolute Gasteiger partial charge is 0.248 e. The van der Waals surface area contributed by atoms with Gasteiger partial charge in [-0.15, -0.1) is 0 Å². The van der Waals surface area contributed by atoms with E-state index in [1.165, 1.54) is 83.5 Å². The molecule has 0 saturated heterocycles. The Labute approximate surface area is 300 Å². The van der Waals surface area contributed by atoms with Crippen LogP contribution in [-0.4, -0.2) is 6.71 Å². The summed E-state index contributed by atoms with van der Waals surface area (Å²) >= 11 is 0. The molecule has 0 radical (unpaired) electrons. The van der Waals surface area contributed by atoms with E-state index < -0.39 is 0 Å². The minimum absolute atomic E-state index is 0.0180. The Morgan fingerprint density at radius 3 is 1.44 bits per heavy atom. The predicted molar refractivity (Wildman–Crippen MR) is 218 cm³/mol. The van der Waals surface area contributed by atoms with E-state index in [4.69, 9.17) is 0 Å². The van der Waals surface area contributed by atoms with Crippen molar-refractivity contribution in [3.05, 3.63) is 144 Å². The van der Waals surface area contributed by atoms with Crippen LogP contribution < -0.4 is 21.3 Å². The van der Waals surface area contributed by atoms with Crippen LogP contribution in [0.15, 0.2) is 127 Å². The van der Waals surface area contributed by atoms with Gasteiger partial charge >= 0.3 is 0 Å². The summed E-state index contributed by atoms with van der Waals surface area (Å²) in [6.45, 7) is 21.1. The van der Waals surface area contributed by atoms with Gasteiger partial charge in [0.15, 0.2) is 0 Å². The van der Waals surface area contributed by atoms with Gasteiger partial charge < -0.3 is 4.90 Å². The second-order valence-electron chi connectivity index (χ2n) is 17.5. The fourth-order valence-electron chi connectivity index (χ4n) is 8.09. The predicted octanol–water partition coefficient (Wildman–Crippen LogP) is 11.2. The average Bonchev–Trinajstić information content (AvgIpc) is 3.42. The minimum Gasteiger partial charge on any atom is -0.310 e. The monoisotopic (exact) mass is 649 g/mol. The van der Waals surface area contributed by atoms with E-state index >= 15 is 0 Å². The van der Waals surface area contributed by atoms with Crippen LogP contribution in [0.3, 0.4) is 0 Å². The molecule has 8 rings (SSSR count). The van der Waals surface area contributed by atoms with Crippen molar-refractivity contribution in [2.45, 2.75) is 78.6 Å². The molecule has 0 amide bonds. The zero-order valence-electron chi connectivity index (χ0n) is 31.1. The summed E-state index contributed by atoms with van der Waals surface area (Å²) in [7, 11) is 0. The molecule has 0 aliphatic carbocycles. The van der Waals surface area contributed by atoms with Gasteiger partial charge in [0, 0.05) is 22.5 Å². The molecular formula is C48H48BN. The van der Waals surface area contributed by atoms with Crippen LogP contribution in [0.4, 0.5) is 17.1 Å². The van der Waals surface area contributed by atoms with Crippen molar-refractivity contribution in [1.82, 2.24) is 0 Å². The number of fused-ring (bicyclic) bond motifs is 5. The molecule has 0 N–H and O–H groups in total. The molecule has 0 aromatic heterocycles. The molecule has 2 aliphatic heterocycles. The highest BCUT2D eigenvalue weighted by atomic mass is 15.2. The first-order chi connectivity index (χ1) is 23.7. The van der Waals surface area contributed by atoms with Crippen molar-refractivity contribution in [3.63, 3.8) is 0 Å². The van der Waals surface area contributed by atoms with Crippen LogP contribution >= 0.6 is 0 Å². The molecule has 2 aliphatic rings. The van der Waals surface area contributed by atoms with E-state index in [2.05, 4.69) is 195 Å². The Morgan fingerprint density at radius 2 is 0.860 bits per heavy atom. The van der Waals surface area contributed by atoms with Gasteiger partial charge in [-0.05, 0) is 84.3 Å². The molecule has 0 unspecified atom stereocenters. The second kappa shape index (κ2) is 11.4. The third-order valence-corrected chi connectivity index (χ3v) is 11.0. The van der Waals surface area contributed by atoms with Crippen molar-refractivity contribution < 1.29 is 0 Å². The van der Waals surface area contributed by atoms with Crippen molar-refractivity contribution in [2.75, 3.05) is 4.90 Å². The van der Waals surface area contributed by atoms with Gasteiger partial charge in [0.25, 0.3) is 0 Å². The van der Waals surface area contributed by atoms with Gasteiger partial charge in [0.05, 0.1) is 5.69 Å². The molecule has 0 bridgehead atoms. The van der Waals surface area contributed by atoms with Gasteiger partial charge in [-0.3, -0.25) is 0 Å². The SMILES string of the molecule is CC(C)(C)c1ccc2c(c1)B1c3cc(C(C)(C)C)ccc3N(c3ccc(C(C)(C)C)cc3-c3ccccc3)c3c(-c4ccccc4)ccc-2c31. The molecule has 0 saturated carbocycles. The second-order valence-corrected chi connectivity index (χ2v) is 17.5. The molecule has 0 fully saturated rings. The molecule has 0 atom stereocenters. The normalized spacial score (nSPS) is 13.6. The van der Waals surface area contributed by atoms with Crippen LogP contribution in [0.25, 0.3) is 33.4 Å². The highest BCUT2D eigenvalue weighted by molar-refractivity contribution is 7.01. The number of hydrogen-bond donors (Lipinski definition) is 0. The summed E-state index contributed by atoms with van der Waals surface area (Å²) < 4.78 is 0. The highest BCUT2D eigenvalue weighted by Crippen LogP contribution is 2.49. The molecule has 6 aromatic carbocycles. The average molecular weight is 650 g/mol.